The molecule has 94 valence electrons. The van der Waals surface area contributed by atoms with Gasteiger partial charge in [0.05, 0.1) is 6.61 Å². The first-order chi connectivity index (χ1) is 8.04. The zero-order valence-electron chi connectivity index (χ0n) is 8.68. The Morgan fingerprint density at radius 3 is 2.59 bits per heavy atom. The fourth-order valence-corrected chi connectivity index (χ4v) is 1.74. The van der Waals surface area contributed by atoms with Crippen LogP contribution in [0.3, 0.4) is 0 Å². The minimum Gasteiger partial charge on any atom is -0.394 e. The summed E-state index contributed by atoms with van der Waals surface area (Å²) in [6.45, 7) is -0.479. The molecular weight excluding hydrogens is 232 g/mol. The van der Waals surface area contributed by atoms with E-state index in [-0.39, 0.29) is 0 Å². The van der Waals surface area contributed by atoms with Gasteiger partial charge in [-0.15, -0.1) is 0 Å². The van der Waals surface area contributed by atoms with Crippen molar-refractivity contribution in [1.29, 1.82) is 0 Å². The van der Waals surface area contributed by atoms with Crippen molar-refractivity contribution in [3.05, 3.63) is 33.1 Å². The van der Waals surface area contributed by atoms with Crippen LogP contribution in [0.2, 0.25) is 0 Å². The van der Waals surface area contributed by atoms with Crippen LogP contribution in [0.5, 0.6) is 0 Å². The van der Waals surface area contributed by atoms with Crippen molar-refractivity contribution in [2.24, 2.45) is 0 Å². The third kappa shape index (κ3) is 2.03. The Morgan fingerprint density at radius 2 is 2.06 bits per heavy atom. The summed E-state index contributed by atoms with van der Waals surface area (Å²) in [6, 6.07) is 1.09. The van der Waals surface area contributed by atoms with Gasteiger partial charge in [0, 0.05) is 12.3 Å². The number of aromatic amines is 1. The summed E-state index contributed by atoms with van der Waals surface area (Å²) in [6.07, 6.45) is -3.58. The standard InChI is InChI=1S/C9H12N2O6/c12-3-4-6(14)7(15)8(17-4)11-2-1-5(13)10-9(11)16/h1-2,4,6-8,12,14-15H,3H2,(H,10,13,16)/t4-,6+,7?,8-/m1/s1. The van der Waals surface area contributed by atoms with E-state index < -0.39 is 42.4 Å². The molecular formula is C9H12N2O6. The van der Waals surface area contributed by atoms with Crippen LogP contribution in [0, 0.1) is 0 Å². The van der Waals surface area contributed by atoms with Gasteiger partial charge >= 0.3 is 5.69 Å². The molecule has 2 rings (SSSR count). The number of rotatable bonds is 2. The fraction of sp³-hybridized carbons (Fsp3) is 0.556. The molecule has 2 heterocycles. The molecule has 0 amide bonds. The first-order valence-electron chi connectivity index (χ1n) is 4.98. The van der Waals surface area contributed by atoms with Crippen LogP contribution in [0.1, 0.15) is 6.23 Å². The first kappa shape index (κ1) is 12.0. The zero-order valence-corrected chi connectivity index (χ0v) is 8.68. The summed E-state index contributed by atoms with van der Waals surface area (Å²) < 4.78 is 6.08. The number of hydrogen-bond acceptors (Lipinski definition) is 6. The normalized spacial score (nSPS) is 32.9. The number of nitrogens with one attached hydrogen (secondary N) is 1. The van der Waals surface area contributed by atoms with Gasteiger partial charge in [-0.2, -0.15) is 0 Å². The molecule has 0 saturated carbocycles. The Hall–Kier alpha value is -1.48. The second kappa shape index (κ2) is 4.41. The number of aliphatic hydroxyl groups is 3. The lowest BCUT2D eigenvalue weighted by atomic mass is 10.1. The summed E-state index contributed by atoms with van der Waals surface area (Å²) in [4.78, 5) is 24.3. The molecule has 0 radical (unpaired) electrons. The van der Waals surface area contributed by atoms with Crippen LogP contribution >= 0.6 is 0 Å². The van der Waals surface area contributed by atoms with Gasteiger partial charge in [0.2, 0.25) is 0 Å². The lowest BCUT2D eigenvalue weighted by Crippen LogP contribution is -2.37. The molecule has 1 aromatic rings. The number of aliphatic hydroxyl groups excluding tert-OH is 3. The molecule has 0 aliphatic carbocycles. The molecule has 17 heavy (non-hydrogen) atoms. The van der Waals surface area contributed by atoms with E-state index >= 15 is 0 Å². The molecule has 1 saturated heterocycles. The van der Waals surface area contributed by atoms with E-state index in [9.17, 15) is 19.8 Å². The average molecular weight is 244 g/mol. The van der Waals surface area contributed by atoms with Crippen molar-refractivity contribution in [3.63, 3.8) is 0 Å². The predicted molar refractivity (Wildman–Crippen MR) is 54.3 cm³/mol. The second-order valence-corrected chi connectivity index (χ2v) is 3.75. The van der Waals surface area contributed by atoms with Gasteiger partial charge in [-0.25, -0.2) is 4.79 Å². The Balaban J connectivity index is 2.35. The van der Waals surface area contributed by atoms with Crippen LogP contribution in [-0.2, 0) is 4.74 Å². The van der Waals surface area contributed by atoms with Crippen LogP contribution in [0.4, 0.5) is 0 Å². The Morgan fingerprint density at radius 1 is 1.35 bits per heavy atom. The lowest BCUT2D eigenvalue weighted by Gasteiger charge is -2.16. The van der Waals surface area contributed by atoms with Crippen molar-refractivity contribution < 1.29 is 20.1 Å². The Labute approximate surface area is 94.7 Å². The van der Waals surface area contributed by atoms with Crippen molar-refractivity contribution >= 4 is 0 Å². The Kier molecular flexibility index (Phi) is 3.11. The van der Waals surface area contributed by atoms with Crippen molar-refractivity contribution in [1.82, 2.24) is 9.55 Å². The molecule has 1 aliphatic rings. The molecule has 1 unspecified atom stereocenters. The monoisotopic (exact) mass is 244 g/mol. The fourth-order valence-electron chi connectivity index (χ4n) is 1.74. The van der Waals surface area contributed by atoms with Crippen molar-refractivity contribution in [2.45, 2.75) is 24.5 Å². The van der Waals surface area contributed by atoms with Crippen molar-refractivity contribution in [2.75, 3.05) is 6.61 Å². The maximum absolute atomic E-state index is 11.4. The van der Waals surface area contributed by atoms with E-state index in [1.54, 1.807) is 0 Å². The molecule has 0 bridgehead atoms. The van der Waals surface area contributed by atoms with Gasteiger partial charge in [-0.05, 0) is 0 Å². The van der Waals surface area contributed by atoms with E-state index in [1.165, 1.54) is 0 Å². The summed E-state index contributed by atoms with van der Waals surface area (Å²) in [5, 5.41) is 28.1. The summed E-state index contributed by atoms with van der Waals surface area (Å²) in [5.41, 5.74) is -1.33. The van der Waals surface area contributed by atoms with Gasteiger partial charge in [-0.3, -0.25) is 14.3 Å². The zero-order chi connectivity index (χ0) is 12.6. The number of hydrogen-bond donors (Lipinski definition) is 4. The largest absolute Gasteiger partial charge is 0.394 e. The first-order valence-corrected chi connectivity index (χ1v) is 4.98. The third-order valence-electron chi connectivity index (χ3n) is 2.64. The highest BCUT2D eigenvalue weighted by atomic mass is 16.6. The minimum atomic E-state index is -1.35. The smallest absolute Gasteiger partial charge is 0.330 e. The molecule has 0 spiro atoms. The second-order valence-electron chi connectivity index (χ2n) is 3.75. The van der Waals surface area contributed by atoms with Crippen LogP contribution in [0.15, 0.2) is 21.9 Å². The SMILES string of the molecule is O=c1ccn([C@@H]2O[C@H](CO)[C@H](O)C2O)c(=O)[nH]1. The highest BCUT2D eigenvalue weighted by Crippen LogP contribution is 2.27. The van der Waals surface area contributed by atoms with Crippen LogP contribution in [-0.4, -0.2) is 49.8 Å². The summed E-state index contributed by atoms with van der Waals surface area (Å²) in [7, 11) is 0. The molecule has 1 aromatic heterocycles. The van der Waals surface area contributed by atoms with E-state index in [0.29, 0.717) is 0 Å². The van der Waals surface area contributed by atoms with Crippen molar-refractivity contribution in [3.8, 4) is 0 Å². The van der Waals surface area contributed by atoms with Gasteiger partial charge < -0.3 is 20.1 Å². The third-order valence-corrected chi connectivity index (χ3v) is 2.64. The average Bonchev–Trinajstić information content (AvgIpc) is 2.57. The highest BCUT2D eigenvalue weighted by molar-refractivity contribution is 4.92. The number of ether oxygens (including phenoxy) is 1. The van der Waals surface area contributed by atoms with E-state index in [4.69, 9.17) is 9.84 Å². The molecule has 8 nitrogen and oxygen atoms in total. The summed E-state index contributed by atoms with van der Waals surface area (Å²) >= 11 is 0. The molecule has 1 aliphatic heterocycles. The summed E-state index contributed by atoms with van der Waals surface area (Å²) in [5.74, 6) is 0. The molecule has 1 fully saturated rings. The van der Waals surface area contributed by atoms with E-state index in [0.717, 1.165) is 16.8 Å². The number of H-pyrrole nitrogens is 1. The molecule has 8 heteroatoms. The maximum Gasteiger partial charge on any atom is 0.330 e. The van der Waals surface area contributed by atoms with Gasteiger partial charge in [0.15, 0.2) is 6.23 Å². The molecule has 4 N–H and O–H groups in total. The maximum atomic E-state index is 11.4. The predicted octanol–water partition coefficient (Wildman–Crippen LogP) is -2.85. The quantitative estimate of drug-likeness (QED) is 0.444. The lowest BCUT2D eigenvalue weighted by molar-refractivity contribution is -0.0550. The highest BCUT2D eigenvalue weighted by Gasteiger charge is 2.43. The molecule has 0 aromatic carbocycles. The topological polar surface area (TPSA) is 125 Å². The van der Waals surface area contributed by atoms with E-state index in [1.807, 2.05) is 4.98 Å². The van der Waals surface area contributed by atoms with E-state index in [2.05, 4.69) is 0 Å². The van der Waals surface area contributed by atoms with Gasteiger partial charge in [0.25, 0.3) is 5.56 Å². The van der Waals surface area contributed by atoms with Gasteiger partial charge in [0.1, 0.15) is 18.3 Å². The number of aromatic nitrogens is 2. The van der Waals surface area contributed by atoms with Crippen LogP contribution in [0.25, 0.3) is 0 Å². The number of nitrogens with zero attached hydrogens (tertiary/aromatic N) is 1. The minimum absolute atomic E-state index is 0.479. The van der Waals surface area contributed by atoms with Gasteiger partial charge in [-0.1, -0.05) is 0 Å². The Bertz CT molecular complexity index is 509. The van der Waals surface area contributed by atoms with Crippen LogP contribution < -0.4 is 11.2 Å². The molecule has 4 atom stereocenters.